The van der Waals surface area contributed by atoms with Gasteiger partial charge in [-0.2, -0.15) is 0 Å². The van der Waals surface area contributed by atoms with E-state index in [2.05, 4.69) is 20.9 Å². The first kappa shape index (κ1) is 19.2. The van der Waals surface area contributed by atoms with E-state index >= 15 is 0 Å². The number of carbonyl (C=O) groups is 1. The minimum absolute atomic E-state index is 0.0494. The van der Waals surface area contributed by atoms with E-state index in [-0.39, 0.29) is 18.3 Å². The number of aliphatic imine (C=N–C) groups is 1. The summed E-state index contributed by atoms with van der Waals surface area (Å²) in [5.74, 6) is 0.694. The lowest BCUT2D eigenvalue weighted by Gasteiger charge is -2.12. The number of guanidine groups is 1. The van der Waals surface area contributed by atoms with Gasteiger partial charge >= 0.3 is 0 Å². The normalized spacial score (nSPS) is 10.9. The van der Waals surface area contributed by atoms with Gasteiger partial charge in [-0.3, -0.25) is 4.79 Å². The second kappa shape index (κ2) is 10.7. The largest absolute Gasteiger partial charge is 0.492 e. The molecule has 0 aliphatic heterocycles. The van der Waals surface area contributed by atoms with E-state index in [1.54, 1.807) is 0 Å². The first-order chi connectivity index (χ1) is 12.7. The Kier molecular flexibility index (Phi) is 7.92. The molecule has 0 aliphatic carbocycles. The average molecular weight is 358 g/mol. The monoisotopic (exact) mass is 358 g/mol. The fraction of sp³-hybridized carbons (Fsp3) is 0.263. The van der Waals surface area contributed by atoms with Crippen LogP contribution in [0.5, 0.6) is 5.75 Å². The highest BCUT2D eigenvalue weighted by Crippen LogP contribution is 2.08. The molecule has 2 rings (SSSR count). The van der Waals surface area contributed by atoms with Gasteiger partial charge in [-0.25, -0.2) is 9.38 Å². The number of hydrogen-bond donors (Lipinski definition) is 3. The van der Waals surface area contributed by atoms with Crippen molar-refractivity contribution in [1.29, 1.82) is 0 Å². The third-order valence-electron chi connectivity index (χ3n) is 3.26. The zero-order valence-electron chi connectivity index (χ0n) is 14.7. The summed E-state index contributed by atoms with van der Waals surface area (Å²) in [6, 6.07) is 15.1. The van der Waals surface area contributed by atoms with Crippen molar-refractivity contribution >= 4 is 17.6 Å². The van der Waals surface area contributed by atoms with Gasteiger partial charge in [0.15, 0.2) is 5.96 Å². The van der Waals surface area contributed by atoms with Gasteiger partial charge in [0.05, 0.1) is 6.54 Å². The van der Waals surface area contributed by atoms with Crippen molar-refractivity contribution in [2.75, 3.05) is 31.6 Å². The van der Waals surface area contributed by atoms with Crippen LogP contribution >= 0.6 is 0 Å². The molecule has 3 N–H and O–H groups in total. The molecular formula is C19H23FN4O2. The summed E-state index contributed by atoms with van der Waals surface area (Å²) in [5.41, 5.74) is 0.529. The molecule has 2 aromatic rings. The van der Waals surface area contributed by atoms with Crippen LogP contribution in [-0.2, 0) is 4.79 Å². The molecule has 7 heteroatoms. The van der Waals surface area contributed by atoms with Gasteiger partial charge in [0.1, 0.15) is 24.7 Å². The molecule has 1 amide bonds. The number of rotatable bonds is 8. The standard InChI is InChI=1S/C19H23FN4O2/c1-2-21-19(22-12-13-26-17-6-4-3-5-7-17)23-14-18(25)24-16-10-8-15(20)9-11-16/h3-11H,2,12-14H2,1H3,(H,24,25)(H2,21,22,23). The van der Waals surface area contributed by atoms with E-state index in [0.717, 1.165) is 5.75 Å². The minimum Gasteiger partial charge on any atom is -0.492 e. The Morgan fingerprint density at radius 3 is 2.50 bits per heavy atom. The Labute approximate surface area is 152 Å². The number of nitrogens with one attached hydrogen (secondary N) is 3. The number of anilines is 1. The highest BCUT2D eigenvalue weighted by atomic mass is 19.1. The highest BCUT2D eigenvalue weighted by molar-refractivity contribution is 5.94. The molecule has 0 saturated heterocycles. The van der Waals surface area contributed by atoms with Crippen LogP contribution in [0, 0.1) is 5.82 Å². The van der Waals surface area contributed by atoms with Crippen LogP contribution in [0.1, 0.15) is 6.92 Å². The molecule has 138 valence electrons. The number of carbonyl (C=O) groups excluding carboxylic acids is 1. The van der Waals surface area contributed by atoms with E-state index in [0.29, 0.717) is 31.3 Å². The number of halogens is 1. The third kappa shape index (κ3) is 7.21. The average Bonchev–Trinajstić information content (AvgIpc) is 2.66. The number of para-hydroxylation sites is 1. The van der Waals surface area contributed by atoms with Gasteiger partial charge in [-0.05, 0) is 43.3 Å². The van der Waals surface area contributed by atoms with Crippen molar-refractivity contribution in [3.05, 3.63) is 60.4 Å². The molecule has 0 saturated carbocycles. The molecule has 6 nitrogen and oxygen atoms in total. The van der Waals surface area contributed by atoms with Gasteiger partial charge in [0, 0.05) is 12.2 Å². The molecule has 0 radical (unpaired) electrons. The lowest BCUT2D eigenvalue weighted by molar-refractivity contribution is -0.114. The number of hydrogen-bond acceptors (Lipinski definition) is 3. The van der Waals surface area contributed by atoms with E-state index in [4.69, 9.17) is 4.74 Å². The Hall–Kier alpha value is -3.09. The summed E-state index contributed by atoms with van der Waals surface area (Å²) >= 11 is 0. The topological polar surface area (TPSA) is 74.8 Å². The van der Waals surface area contributed by atoms with Gasteiger partial charge in [0.2, 0.25) is 5.91 Å². The van der Waals surface area contributed by atoms with E-state index in [1.165, 1.54) is 24.3 Å². The number of nitrogens with zero attached hydrogens (tertiary/aromatic N) is 1. The van der Waals surface area contributed by atoms with Crippen molar-refractivity contribution in [3.8, 4) is 5.75 Å². The molecule has 0 spiro atoms. The zero-order chi connectivity index (χ0) is 18.6. The van der Waals surface area contributed by atoms with Crippen molar-refractivity contribution in [1.82, 2.24) is 10.6 Å². The highest BCUT2D eigenvalue weighted by Gasteiger charge is 2.03. The fourth-order valence-corrected chi connectivity index (χ4v) is 2.08. The number of benzene rings is 2. The van der Waals surface area contributed by atoms with Crippen LogP contribution in [0.15, 0.2) is 59.6 Å². The lowest BCUT2D eigenvalue weighted by atomic mass is 10.3. The predicted molar refractivity (Wildman–Crippen MR) is 101 cm³/mol. The molecule has 0 heterocycles. The molecule has 0 atom stereocenters. The lowest BCUT2D eigenvalue weighted by Crippen LogP contribution is -2.39. The minimum atomic E-state index is -0.350. The van der Waals surface area contributed by atoms with Crippen LogP contribution in [-0.4, -0.2) is 38.1 Å². The quantitative estimate of drug-likeness (QED) is 0.385. The van der Waals surface area contributed by atoms with Crippen molar-refractivity contribution < 1.29 is 13.9 Å². The van der Waals surface area contributed by atoms with Gasteiger partial charge in [-0.15, -0.1) is 0 Å². The molecule has 2 aromatic carbocycles. The van der Waals surface area contributed by atoms with Crippen LogP contribution in [0.25, 0.3) is 0 Å². The van der Waals surface area contributed by atoms with E-state index < -0.39 is 0 Å². The molecule has 0 aliphatic rings. The smallest absolute Gasteiger partial charge is 0.246 e. The first-order valence-corrected chi connectivity index (χ1v) is 8.43. The number of ether oxygens (including phenoxy) is 1. The Balaban J connectivity index is 1.75. The summed E-state index contributed by atoms with van der Waals surface area (Å²) in [4.78, 5) is 16.2. The van der Waals surface area contributed by atoms with Crippen LogP contribution in [0.2, 0.25) is 0 Å². The van der Waals surface area contributed by atoms with Crippen LogP contribution in [0.4, 0.5) is 10.1 Å². The van der Waals surface area contributed by atoms with Crippen molar-refractivity contribution in [2.45, 2.75) is 6.92 Å². The third-order valence-corrected chi connectivity index (χ3v) is 3.26. The SMILES string of the molecule is CCNC(=NCC(=O)Nc1ccc(F)cc1)NCCOc1ccccc1. The van der Waals surface area contributed by atoms with Gasteiger partial charge in [0.25, 0.3) is 0 Å². The van der Waals surface area contributed by atoms with Gasteiger partial charge < -0.3 is 20.7 Å². The summed E-state index contributed by atoms with van der Waals surface area (Å²) in [6.07, 6.45) is 0. The molecule has 0 bridgehead atoms. The first-order valence-electron chi connectivity index (χ1n) is 8.43. The Morgan fingerprint density at radius 1 is 1.08 bits per heavy atom. The Morgan fingerprint density at radius 2 is 1.81 bits per heavy atom. The number of amides is 1. The molecular weight excluding hydrogens is 335 g/mol. The molecule has 0 fully saturated rings. The Bertz CT molecular complexity index is 705. The van der Waals surface area contributed by atoms with Crippen molar-refractivity contribution in [2.24, 2.45) is 4.99 Å². The zero-order valence-corrected chi connectivity index (χ0v) is 14.7. The van der Waals surface area contributed by atoms with Crippen LogP contribution in [0.3, 0.4) is 0 Å². The summed E-state index contributed by atoms with van der Waals surface area (Å²) in [6.45, 7) is 3.57. The second-order valence-electron chi connectivity index (χ2n) is 5.34. The van der Waals surface area contributed by atoms with Gasteiger partial charge in [-0.1, -0.05) is 18.2 Å². The fourth-order valence-electron chi connectivity index (χ4n) is 2.08. The maximum atomic E-state index is 12.9. The maximum absolute atomic E-state index is 12.9. The molecule has 0 unspecified atom stereocenters. The summed E-state index contributed by atoms with van der Waals surface area (Å²) in [7, 11) is 0. The van der Waals surface area contributed by atoms with E-state index in [9.17, 15) is 9.18 Å². The van der Waals surface area contributed by atoms with Crippen LogP contribution < -0.4 is 20.7 Å². The predicted octanol–water partition coefficient (Wildman–Crippen LogP) is 2.40. The summed E-state index contributed by atoms with van der Waals surface area (Å²) < 4.78 is 18.5. The summed E-state index contributed by atoms with van der Waals surface area (Å²) in [5, 5.41) is 8.83. The molecule has 0 aromatic heterocycles. The van der Waals surface area contributed by atoms with E-state index in [1.807, 2.05) is 37.3 Å². The van der Waals surface area contributed by atoms with Crippen molar-refractivity contribution in [3.63, 3.8) is 0 Å². The molecule has 26 heavy (non-hydrogen) atoms. The maximum Gasteiger partial charge on any atom is 0.246 e. The second-order valence-corrected chi connectivity index (χ2v) is 5.34.